The lowest BCUT2D eigenvalue weighted by molar-refractivity contribution is 0.00839. The van der Waals surface area contributed by atoms with Crippen molar-refractivity contribution in [2.24, 2.45) is 5.41 Å². The minimum Gasteiger partial charge on any atom is -0.373 e. The standard InChI is InChI=1S/C13H21BrN2OS/c1-6-7-8-9(14)12(18)16-11(15-8)10(17-5)13(2,3)4/h10H,6-7H2,1-5H3,(H,15,16,18). The molecule has 0 saturated heterocycles. The van der Waals surface area contributed by atoms with Crippen molar-refractivity contribution < 1.29 is 4.74 Å². The largest absolute Gasteiger partial charge is 0.373 e. The molecule has 0 aromatic carbocycles. The third-order valence-electron chi connectivity index (χ3n) is 2.72. The molecule has 1 N–H and O–H groups in total. The van der Waals surface area contributed by atoms with Gasteiger partial charge in [-0.1, -0.05) is 46.3 Å². The van der Waals surface area contributed by atoms with Crippen LogP contribution < -0.4 is 0 Å². The van der Waals surface area contributed by atoms with E-state index in [2.05, 4.69) is 53.6 Å². The van der Waals surface area contributed by atoms with Crippen LogP contribution in [0.3, 0.4) is 0 Å². The van der Waals surface area contributed by atoms with Gasteiger partial charge in [0.2, 0.25) is 0 Å². The van der Waals surface area contributed by atoms with Gasteiger partial charge in [0.25, 0.3) is 0 Å². The third-order valence-corrected chi connectivity index (χ3v) is 4.14. The fourth-order valence-corrected chi connectivity index (χ4v) is 2.55. The lowest BCUT2D eigenvalue weighted by Crippen LogP contribution is -2.23. The number of nitrogens with zero attached hydrogens (tertiary/aromatic N) is 1. The topological polar surface area (TPSA) is 37.9 Å². The van der Waals surface area contributed by atoms with E-state index in [1.54, 1.807) is 7.11 Å². The SMILES string of the molecule is CCCc1[nH]c(C(OC)C(C)(C)C)nc(=S)c1Br. The van der Waals surface area contributed by atoms with Gasteiger partial charge in [0.15, 0.2) is 0 Å². The third kappa shape index (κ3) is 3.62. The summed E-state index contributed by atoms with van der Waals surface area (Å²) in [5, 5.41) is 0. The van der Waals surface area contributed by atoms with E-state index in [1.165, 1.54) is 0 Å². The second-order valence-corrected chi connectivity index (χ2v) is 6.63. The number of halogens is 1. The van der Waals surface area contributed by atoms with Crippen LogP contribution in [-0.2, 0) is 11.2 Å². The quantitative estimate of drug-likeness (QED) is 0.819. The van der Waals surface area contributed by atoms with E-state index < -0.39 is 0 Å². The molecular formula is C13H21BrN2OS. The molecule has 0 fully saturated rings. The average Bonchev–Trinajstić information content (AvgIpc) is 2.24. The van der Waals surface area contributed by atoms with Crippen LogP contribution in [0.4, 0.5) is 0 Å². The first-order valence-corrected chi connectivity index (χ1v) is 7.32. The molecule has 1 unspecified atom stereocenters. The molecule has 0 aliphatic heterocycles. The second kappa shape index (κ2) is 6.26. The molecule has 0 radical (unpaired) electrons. The van der Waals surface area contributed by atoms with Crippen molar-refractivity contribution >= 4 is 28.1 Å². The van der Waals surface area contributed by atoms with Crippen molar-refractivity contribution in [2.75, 3.05) is 7.11 Å². The Morgan fingerprint density at radius 1 is 1.44 bits per heavy atom. The number of methoxy groups -OCH3 is 1. The molecule has 0 amide bonds. The van der Waals surface area contributed by atoms with Gasteiger partial charge in [-0.15, -0.1) is 0 Å². The summed E-state index contributed by atoms with van der Waals surface area (Å²) < 4.78 is 7.06. The van der Waals surface area contributed by atoms with Gasteiger partial charge in [-0.3, -0.25) is 0 Å². The summed E-state index contributed by atoms with van der Waals surface area (Å²) in [6.07, 6.45) is 1.91. The number of ether oxygens (including phenoxy) is 1. The van der Waals surface area contributed by atoms with E-state index in [9.17, 15) is 0 Å². The van der Waals surface area contributed by atoms with Crippen molar-refractivity contribution in [1.82, 2.24) is 9.97 Å². The fourth-order valence-electron chi connectivity index (χ4n) is 1.95. The molecule has 3 nitrogen and oxygen atoms in total. The molecule has 1 atom stereocenters. The Morgan fingerprint density at radius 3 is 2.50 bits per heavy atom. The summed E-state index contributed by atoms with van der Waals surface area (Å²) in [4.78, 5) is 7.80. The summed E-state index contributed by atoms with van der Waals surface area (Å²) in [6, 6.07) is 0. The molecule has 0 bridgehead atoms. The second-order valence-electron chi connectivity index (χ2n) is 5.45. The van der Waals surface area contributed by atoms with E-state index in [0.717, 1.165) is 28.8 Å². The highest BCUT2D eigenvalue weighted by molar-refractivity contribution is 9.10. The molecule has 18 heavy (non-hydrogen) atoms. The maximum absolute atomic E-state index is 5.57. The zero-order chi connectivity index (χ0) is 13.9. The van der Waals surface area contributed by atoms with Crippen LogP contribution in [0.1, 0.15) is 51.7 Å². The van der Waals surface area contributed by atoms with E-state index in [0.29, 0.717) is 4.64 Å². The van der Waals surface area contributed by atoms with Gasteiger partial charge >= 0.3 is 0 Å². The molecule has 5 heteroatoms. The molecule has 1 heterocycles. The summed E-state index contributed by atoms with van der Waals surface area (Å²) in [5.41, 5.74) is 1.07. The Labute approximate surface area is 122 Å². The van der Waals surface area contributed by atoms with Crippen LogP contribution in [0, 0.1) is 10.1 Å². The highest BCUT2D eigenvalue weighted by Crippen LogP contribution is 2.34. The van der Waals surface area contributed by atoms with Crippen LogP contribution >= 0.6 is 28.1 Å². The Bertz CT molecular complexity index is 465. The predicted octanol–water partition coefficient (Wildman–Crippen LogP) is 4.59. The summed E-state index contributed by atoms with van der Waals surface area (Å²) in [6.45, 7) is 8.52. The number of H-pyrrole nitrogens is 1. The highest BCUT2D eigenvalue weighted by Gasteiger charge is 2.28. The number of aromatic nitrogens is 2. The van der Waals surface area contributed by atoms with E-state index in [-0.39, 0.29) is 11.5 Å². The molecule has 0 saturated carbocycles. The molecule has 102 valence electrons. The van der Waals surface area contributed by atoms with Crippen LogP contribution in [0.2, 0.25) is 0 Å². The van der Waals surface area contributed by atoms with E-state index in [1.807, 2.05) is 0 Å². The molecule has 1 rings (SSSR count). The number of nitrogens with one attached hydrogen (secondary N) is 1. The Morgan fingerprint density at radius 2 is 2.06 bits per heavy atom. The van der Waals surface area contributed by atoms with Gasteiger partial charge in [0, 0.05) is 12.8 Å². The molecule has 0 spiro atoms. The molecule has 0 aliphatic rings. The smallest absolute Gasteiger partial charge is 0.144 e. The first-order valence-electron chi connectivity index (χ1n) is 6.12. The Kier molecular flexibility index (Phi) is 5.49. The summed E-state index contributed by atoms with van der Waals surface area (Å²) in [5.74, 6) is 0.807. The molecule has 1 aromatic rings. The molecule has 0 aliphatic carbocycles. The lowest BCUT2D eigenvalue weighted by atomic mass is 9.88. The monoisotopic (exact) mass is 332 g/mol. The van der Waals surface area contributed by atoms with Gasteiger partial charge in [0.1, 0.15) is 16.6 Å². The zero-order valence-corrected chi connectivity index (χ0v) is 14.0. The van der Waals surface area contributed by atoms with Crippen molar-refractivity contribution in [3.63, 3.8) is 0 Å². The molecular weight excluding hydrogens is 312 g/mol. The van der Waals surface area contributed by atoms with E-state index in [4.69, 9.17) is 17.0 Å². The highest BCUT2D eigenvalue weighted by atomic mass is 79.9. The number of aromatic amines is 1. The Hall–Kier alpha value is -0.260. The van der Waals surface area contributed by atoms with Crippen molar-refractivity contribution in [3.8, 4) is 0 Å². The first kappa shape index (κ1) is 15.8. The van der Waals surface area contributed by atoms with Gasteiger partial charge in [0.05, 0.1) is 4.47 Å². The minimum atomic E-state index is -0.0945. The normalized spacial score (nSPS) is 13.7. The maximum atomic E-state index is 5.57. The number of hydrogen-bond acceptors (Lipinski definition) is 3. The number of hydrogen-bond donors (Lipinski definition) is 1. The van der Waals surface area contributed by atoms with Crippen molar-refractivity contribution in [1.29, 1.82) is 0 Å². The van der Waals surface area contributed by atoms with Gasteiger partial charge in [-0.05, 0) is 27.8 Å². The van der Waals surface area contributed by atoms with Gasteiger partial charge < -0.3 is 9.72 Å². The summed E-state index contributed by atoms with van der Waals surface area (Å²) >= 11 is 8.80. The van der Waals surface area contributed by atoms with Crippen LogP contribution in [0.25, 0.3) is 0 Å². The Balaban J connectivity index is 3.29. The van der Waals surface area contributed by atoms with Crippen LogP contribution in [-0.4, -0.2) is 17.1 Å². The first-order chi connectivity index (χ1) is 8.31. The minimum absolute atomic E-state index is 0.0304. The number of rotatable bonds is 4. The maximum Gasteiger partial charge on any atom is 0.144 e. The fraction of sp³-hybridized carbons (Fsp3) is 0.692. The van der Waals surface area contributed by atoms with Gasteiger partial charge in [-0.2, -0.15) is 0 Å². The van der Waals surface area contributed by atoms with Crippen LogP contribution in [0.15, 0.2) is 4.47 Å². The average molecular weight is 333 g/mol. The van der Waals surface area contributed by atoms with Crippen LogP contribution in [0.5, 0.6) is 0 Å². The van der Waals surface area contributed by atoms with E-state index >= 15 is 0 Å². The van der Waals surface area contributed by atoms with Crippen molar-refractivity contribution in [2.45, 2.75) is 46.6 Å². The number of aryl methyl sites for hydroxylation is 1. The lowest BCUT2D eigenvalue weighted by Gasteiger charge is -2.28. The predicted molar refractivity (Wildman–Crippen MR) is 80.3 cm³/mol. The molecule has 1 aromatic heterocycles. The van der Waals surface area contributed by atoms with Crippen molar-refractivity contribution in [3.05, 3.63) is 20.6 Å². The summed E-state index contributed by atoms with van der Waals surface area (Å²) in [7, 11) is 1.70. The van der Waals surface area contributed by atoms with Gasteiger partial charge in [-0.25, -0.2) is 4.98 Å². The zero-order valence-electron chi connectivity index (χ0n) is 11.6.